The Morgan fingerprint density at radius 2 is 2.35 bits per heavy atom. The van der Waals surface area contributed by atoms with E-state index < -0.39 is 0 Å². The number of hydrogen-bond donors (Lipinski definition) is 1. The maximum Gasteiger partial charge on any atom is 0.202 e. The highest BCUT2D eigenvalue weighted by Crippen LogP contribution is 2.13. The van der Waals surface area contributed by atoms with Crippen molar-refractivity contribution in [1.29, 1.82) is 0 Å². The van der Waals surface area contributed by atoms with Crippen LogP contribution in [0, 0.1) is 5.82 Å². The summed E-state index contributed by atoms with van der Waals surface area (Å²) in [5.41, 5.74) is 0.869. The topological polar surface area (TPSA) is 47.0 Å². The predicted octanol–water partition coefficient (Wildman–Crippen LogP) is 2.44. The number of rotatable bonds is 5. The highest BCUT2D eigenvalue weighted by Gasteiger charge is 2.03. The van der Waals surface area contributed by atoms with Gasteiger partial charge in [-0.25, -0.2) is 9.37 Å². The number of aromatic nitrogens is 2. The Morgan fingerprint density at radius 1 is 1.47 bits per heavy atom. The lowest BCUT2D eigenvalue weighted by Crippen LogP contribution is -1.99. The number of halogens is 1. The monoisotopic (exact) mass is 253 g/mol. The normalized spacial score (nSPS) is 10.5. The second kappa shape index (κ2) is 5.70. The first-order valence-electron chi connectivity index (χ1n) is 5.08. The van der Waals surface area contributed by atoms with Gasteiger partial charge >= 0.3 is 0 Å². The molecule has 0 atom stereocenters. The Hall–Kier alpha value is -1.53. The fourth-order valence-corrected chi connectivity index (χ4v) is 1.91. The smallest absolute Gasteiger partial charge is 0.202 e. The molecule has 0 fully saturated rings. The molecule has 0 spiro atoms. The predicted molar refractivity (Wildman–Crippen MR) is 64.3 cm³/mol. The molecule has 1 aromatic carbocycles. The van der Waals surface area contributed by atoms with Crippen molar-refractivity contribution >= 4 is 16.7 Å². The van der Waals surface area contributed by atoms with Crippen molar-refractivity contribution < 1.29 is 9.13 Å². The van der Waals surface area contributed by atoms with Crippen molar-refractivity contribution in [2.45, 2.75) is 13.2 Å². The highest BCUT2D eigenvalue weighted by molar-refractivity contribution is 7.09. The molecule has 0 amide bonds. The number of anilines is 1. The van der Waals surface area contributed by atoms with Crippen LogP contribution in [0.15, 0.2) is 24.3 Å². The van der Waals surface area contributed by atoms with E-state index in [4.69, 9.17) is 4.74 Å². The molecule has 1 heterocycles. The molecular formula is C11H12FN3OS. The Labute approximate surface area is 103 Å². The second-order valence-corrected chi connectivity index (χ2v) is 4.18. The van der Waals surface area contributed by atoms with Gasteiger partial charge < -0.3 is 10.1 Å². The van der Waals surface area contributed by atoms with Crippen LogP contribution in [-0.2, 0) is 17.9 Å². The molecule has 0 bridgehead atoms. The van der Waals surface area contributed by atoms with E-state index in [0.717, 1.165) is 5.56 Å². The fraction of sp³-hybridized carbons (Fsp3) is 0.273. The summed E-state index contributed by atoms with van der Waals surface area (Å²) in [7, 11) is 1.60. The molecule has 0 radical (unpaired) electrons. The van der Waals surface area contributed by atoms with Crippen molar-refractivity contribution in [3.05, 3.63) is 41.5 Å². The Bertz CT molecular complexity index is 489. The van der Waals surface area contributed by atoms with Crippen molar-refractivity contribution in [2.75, 3.05) is 12.4 Å². The minimum absolute atomic E-state index is 0.235. The summed E-state index contributed by atoms with van der Waals surface area (Å²) in [6, 6.07) is 6.45. The number of hydrogen-bond acceptors (Lipinski definition) is 5. The van der Waals surface area contributed by atoms with Crippen molar-refractivity contribution in [3.8, 4) is 0 Å². The number of methoxy groups -OCH3 is 1. The molecule has 2 rings (SSSR count). The van der Waals surface area contributed by atoms with E-state index in [1.54, 1.807) is 13.2 Å². The van der Waals surface area contributed by atoms with E-state index in [0.29, 0.717) is 24.1 Å². The van der Waals surface area contributed by atoms with Crippen molar-refractivity contribution in [3.63, 3.8) is 0 Å². The molecule has 0 unspecified atom stereocenters. The van der Waals surface area contributed by atoms with Gasteiger partial charge in [0.15, 0.2) is 5.82 Å². The number of ether oxygens (including phenoxy) is 1. The Morgan fingerprint density at radius 3 is 3.12 bits per heavy atom. The third kappa shape index (κ3) is 3.47. The molecule has 0 aliphatic rings. The van der Waals surface area contributed by atoms with Crippen LogP contribution in [0.4, 0.5) is 9.52 Å². The summed E-state index contributed by atoms with van der Waals surface area (Å²) in [5, 5.41) is 3.80. The molecule has 6 heteroatoms. The standard InChI is InChI=1S/C11H12FN3OS/c1-16-7-10-14-11(17-15-10)13-6-8-3-2-4-9(12)5-8/h2-5H,6-7H2,1H3,(H,13,14,15). The number of nitrogens with one attached hydrogen (secondary N) is 1. The third-order valence-corrected chi connectivity index (χ3v) is 2.78. The first-order chi connectivity index (χ1) is 8.28. The van der Waals surface area contributed by atoms with Gasteiger partial charge in [0.2, 0.25) is 5.13 Å². The Kier molecular flexibility index (Phi) is 4.00. The summed E-state index contributed by atoms with van der Waals surface area (Å²) in [6.07, 6.45) is 0. The molecule has 1 aromatic heterocycles. The van der Waals surface area contributed by atoms with Crippen LogP contribution in [0.25, 0.3) is 0 Å². The minimum Gasteiger partial charge on any atom is -0.377 e. The van der Waals surface area contributed by atoms with Gasteiger partial charge in [0.05, 0.1) is 0 Å². The zero-order valence-corrected chi connectivity index (χ0v) is 10.1. The third-order valence-electron chi connectivity index (χ3n) is 2.07. The van der Waals surface area contributed by atoms with Gasteiger partial charge in [0.25, 0.3) is 0 Å². The van der Waals surface area contributed by atoms with Gasteiger partial charge in [-0.3, -0.25) is 0 Å². The zero-order chi connectivity index (χ0) is 12.1. The molecule has 4 nitrogen and oxygen atoms in total. The van der Waals surface area contributed by atoms with Crippen LogP contribution < -0.4 is 5.32 Å². The van der Waals surface area contributed by atoms with Gasteiger partial charge in [0, 0.05) is 25.2 Å². The molecule has 90 valence electrons. The lowest BCUT2D eigenvalue weighted by molar-refractivity contribution is 0.179. The van der Waals surface area contributed by atoms with E-state index in [9.17, 15) is 4.39 Å². The first-order valence-corrected chi connectivity index (χ1v) is 5.85. The number of nitrogens with zero attached hydrogens (tertiary/aromatic N) is 2. The maximum atomic E-state index is 12.9. The van der Waals surface area contributed by atoms with Crippen molar-refractivity contribution in [1.82, 2.24) is 9.36 Å². The Balaban J connectivity index is 1.93. The quantitative estimate of drug-likeness (QED) is 0.889. The van der Waals surface area contributed by atoms with Gasteiger partial charge in [-0.05, 0) is 17.7 Å². The lowest BCUT2D eigenvalue weighted by atomic mass is 10.2. The summed E-state index contributed by atoms with van der Waals surface area (Å²) < 4.78 is 22.0. The summed E-state index contributed by atoms with van der Waals surface area (Å²) in [5.74, 6) is 0.417. The largest absolute Gasteiger partial charge is 0.377 e. The van der Waals surface area contributed by atoms with Gasteiger partial charge in [-0.2, -0.15) is 4.37 Å². The van der Waals surface area contributed by atoms with Crippen molar-refractivity contribution in [2.24, 2.45) is 0 Å². The molecule has 17 heavy (non-hydrogen) atoms. The molecule has 2 aromatic rings. The van der Waals surface area contributed by atoms with Crippen LogP contribution in [-0.4, -0.2) is 16.5 Å². The molecule has 1 N–H and O–H groups in total. The SMILES string of the molecule is COCc1nsc(NCc2cccc(F)c2)n1. The minimum atomic E-state index is -0.235. The molecular weight excluding hydrogens is 241 g/mol. The van der Waals surface area contributed by atoms with E-state index >= 15 is 0 Å². The van der Waals surface area contributed by atoms with E-state index in [1.807, 2.05) is 6.07 Å². The van der Waals surface area contributed by atoms with Gasteiger partial charge in [-0.15, -0.1) is 0 Å². The first kappa shape index (κ1) is 11.9. The average molecular weight is 253 g/mol. The zero-order valence-electron chi connectivity index (χ0n) is 9.31. The lowest BCUT2D eigenvalue weighted by Gasteiger charge is -2.01. The highest BCUT2D eigenvalue weighted by atomic mass is 32.1. The van der Waals surface area contributed by atoms with E-state index in [1.165, 1.54) is 23.7 Å². The van der Waals surface area contributed by atoms with E-state index in [2.05, 4.69) is 14.7 Å². The molecule has 0 aliphatic carbocycles. The van der Waals surface area contributed by atoms with Crippen LogP contribution in [0.3, 0.4) is 0 Å². The molecule has 0 saturated carbocycles. The fourth-order valence-electron chi connectivity index (χ4n) is 1.34. The van der Waals surface area contributed by atoms with Crippen LogP contribution in [0.2, 0.25) is 0 Å². The molecule has 0 saturated heterocycles. The maximum absolute atomic E-state index is 12.9. The second-order valence-electron chi connectivity index (χ2n) is 3.43. The summed E-state index contributed by atoms with van der Waals surface area (Å²) >= 11 is 1.27. The summed E-state index contributed by atoms with van der Waals surface area (Å²) in [6.45, 7) is 0.928. The van der Waals surface area contributed by atoms with Crippen LogP contribution in [0.5, 0.6) is 0 Å². The average Bonchev–Trinajstić information content (AvgIpc) is 2.75. The number of benzene rings is 1. The van der Waals surface area contributed by atoms with Crippen LogP contribution >= 0.6 is 11.5 Å². The van der Waals surface area contributed by atoms with Gasteiger partial charge in [0.1, 0.15) is 12.4 Å². The summed E-state index contributed by atoms with van der Waals surface area (Å²) in [4.78, 5) is 4.22. The van der Waals surface area contributed by atoms with Gasteiger partial charge in [-0.1, -0.05) is 12.1 Å². The van der Waals surface area contributed by atoms with Crippen LogP contribution in [0.1, 0.15) is 11.4 Å². The molecule has 0 aliphatic heterocycles. The van der Waals surface area contributed by atoms with E-state index in [-0.39, 0.29) is 5.82 Å².